The lowest BCUT2D eigenvalue weighted by molar-refractivity contribution is 0.0952. The Kier molecular flexibility index (Phi) is 3.11. The lowest BCUT2D eigenvalue weighted by Crippen LogP contribution is -2.43. The highest BCUT2D eigenvalue weighted by atomic mass is 32.2. The van der Waals surface area contributed by atoms with Gasteiger partial charge in [-0.25, -0.2) is 0 Å². The summed E-state index contributed by atoms with van der Waals surface area (Å²) < 4.78 is 1.69. The maximum atomic E-state index is 12.1. The molecule has 0 saturated carbocycles. The summed E-state index contributed by atoms with van der Waals surface area (Å²) in [6, 6.07) is -0.0355. The fraction of sp³-hybridized carbons (Fsp3) is 0.600. The van der Waals surface area contributed by atoms with Crippen molar-refractivity contribution in [3.05, 3.63) is 17.5 Å². The molecule has 1 unspecified atom stereocenters. The second kappa shape index (κ2) is 4.37. The van der Waals surface area contributed by atoms with Gasteiger partial charge in [0.1, 0.15) is 0 Å². The average Bonchev–Trinajstić information content (AvgIpc) is 2.58. The molecule has 0 amide bonds. The summed E-state index contributed by atoms with van der Waals surface area (Å²) in [5.41, 5.74) is 1.57. The lowest BCUT2D eigenvalue weighted by atomic mass is 10.1. The molecule has 1 aromatic heterocycles. The number of hydrogen-bond acceptors (Lipinski definition) is 4. The second-order valence-electron chi connectivity index (χ2n) is 3.75. The molecule has 1 aliphatic heterocycles. The number of hydrogen-bond donors (Lipinski definition) is 1. The van der Waals surface area contributed by atoms with Gasteiger partial charge >= 0.3 is 0 Å². The Balaban J connectivity index is 2.16. The maximum absolute atomic E-state index is 12.1. The van der Waals surface area contributed by atoms with Crippen LogP contribution in [0, 0.1) is 6.92 Å². The van der Waals surface area contributed by atoms with Gasteiger partial charge in [0.15, 0.2) is 5.78 Å². The van der Waals surface area contributed by atoms with Crippen LogP contribution in [0.2, 0.25) is 0 Å². The predicted octanol–water partition coefficient (Wildman–Crippen LogP) is 0.616. The monoisotopic (exact) mass is 225 g/mol. The highest BCUT2D eigenvalue weighted by Crippen LogP contribution is 2.14. The van der Waals surface area contributed by atoms with E-state index in [1.165, 1.54) is 0 Å². The number of carbonyl (C=O) groups excluding carboxylic acids is 1. The van der Waals surface area contributed by atoms with Gasteiger partial charge in [0.05, 0.1) is 17.3 Å². The molecule has 1 aliphatic rings. The molecule has 1 N–H and O–H groups in total. The third-order valence-corrected chi connectivity index (χ3v) is 3.58. The van der Waals surface area contributed by atoms with Crippen LogP contribution in [0.4, 0.5) is 0 Å². The normalized spacial score (nSPS) is 21.6. The largest absolute Gasteiger partial charge is 0.306 e. The molecule has 2 rings (SSSR count). The number of aromatic nitrogens is 2. The Bertz CT molecular complexity index is 369. The summed E-state index contributed by atoms with van der Waals surface area (Å²) in [4.78, 5) is 12.1. The molecule has 5 heteroatoms. The Morgan fingerprint density at radius 2 is 2.53 bits per heavy atom. The van der Waals surface area contributed by atoms with E-state index in [9.17, 15) is 4.79 Å². The van der Waals surface area contributed by atoms with Crippen LogP contribution in [0.5, 0.6) is 0 Å². The molecule has 15 heavy (non-hydrogen) atoms. The van der Waals surface area contributed by atoms with Crippen molar-refractivity contribution >= 4 is 17.5 Å². The number of ketones is 1. The fourth-order valence-electron chi connectivity index (χ4n) is 1.76. The quantitative estimate of drug-likeness (QED) is 0.749. The van der Waals surface area contributed by atoms with E-state index in [-0.39, 0.29) is 11.8 Å². The topological polar surface area (TPSA) is 46.9 Å². The highest BCUT2D eigenvalue weighted by Gasteiger charge is 2.24. The first-order valence-electron chi connectivity index (χ1n) is 5.04. The molecule has 0 spiro atoms. The Hall–Kier alpha value is -0.810. The van der Waals surface area contributed by atoms with E-state index < -0.39 is 0 Å². The number of nitrogens with zero attached hydrogens (tertiary/aromatic N) is 2. The molecule has 2 heterocycles. The van der Waals surface area contributed by atoms with E-state index in [2.05, 4.69) is 10.4 Å². The summed E-state index contributed by atoms with van der Waals surface area (Å²) in [6.45, 7) is 2.80. The van der Waals surface area contributed by atoms with Crippen molar-refractivity contribution in [3.8, 4) is 0 Å². The van der Waals surface area contributed by atoms with Gasteiger partial charge in [0.2, 0.25) is 0 Å². The van der Waals surface area contributed by atoms with Crippen molar-refractivity contribution in [2.75, 3.05) is 18.1 Å². The molecule has 1 fully saturated rings. The fourth-order valence-corrected chi connectivity index (χ4v) is 2.70. The Morgan fingerprint density at radius 3 is 3.07 bits per heavy atom. The molecular formula is C10H15N3OS. The molecule has 0 aliphatic carbocycles. The van der Waals surface area contributed by atoms with Crippen molar-refractivity contribution in [3.63, 3.8) is 0 Å². The van der Waals surface area contributed by atoms with Gasteiger partial charge in [-0.05, 0) is 6.92 Å². The lowest BCUT2D eigenvalue weighted by Gasteiger charge is -2.21. The Labute approximate surface area is 93.4 Å². The van der Waals surface area contributed by atoms with Gasteiger partial charge < -0.3 is 5.32 Å². The number of carbonyl (C=O) groups is 1. The van der Waals surface area contributed by atoms with Crippen LogP contribution in [0.15, 0.2) is 6.20 Å². The average molecular weight is 225 g/mol. The van der Waals surface area contributed by atoms with Crippen molar-refractivity contribution in [2.24, 2.45) is 7.05 Å². The van der Waals surface area contributed by atoms with Crippen molar-refractivity contribution in [1.82, 2.24) is 15.1 Å². The number of rotatable bonds is 2. The second-order valence-corrected chi connectivity index (χ2v) is 4.90. The maximum Gasteiger partial charge on any atom is 0.183 e. The molecule has 0 radical (unpaired) electrons. The van der Waals surface area contributed by atoms with E-state index in [4.69, 9.17) is 0 Å². The Morgan fingerprint density at radius 1 is 1.73 bits per heavy atom. The van der Waals surface area contributed by atoms with Gasteiger partial charge in [-0.3, -0.25) is 9.48 Å². The summed E-state index contributed by atoms with van der Waals surface area (Å²) in [7, 11) is 1.84. The van der Waals surface area contributed by atoms with Crippen LogP contribution in [-0.4, -0.2) is 39.7 Å². The molecule has 0 bridgehead atoms. The molecule has 1 aromatic rings. The van der Waals surface area contributed by atoms with Crippen LogP contribution in [0.3, 0.4) is 0 Å². The zero-order valence-electron chi connectivity index (χ0n) is 8.99. The SMILES string of the molecule is Cc1nn(C)cc1C(=O)C1CSCCN1. The van der Waals surface area contributed by atoms with Crippen molar-refractivity contribution in [2.45, 2.75) is 13.0 Å². The van der Waals surface area contributed by atoms with E-state index in [1.807, 2.05) is 25.7 Å². The molecule has 82 valence electrons. The number of nitrogens with one attached hydrogen (secondary N) is 1. The van der Waals surface area contributed by atoms with Crippen LogP contribution in [0.1, 0.15) is 16.1 Å². The first-order chi connectivity index (χ1) is 7.18. The van der Waals surface area contributed by atoms with E-state index in [1.54, 1.807) is 10.9 Å². The summed E-state index contributed by atoms with van der Waals surface area (Å²) in [5.74, 6) is 2.14. The number of Topliss-reactive ketones (excluding diaryl/α,β-unsaturated/α-hetero) is 1. The zero-order valence-corrected chi connectivity index (χ0v) is 9.80. The van der Waals surface area contributed by atoms with E-state index in [0.29, 0.717) is 0 Å². The van der Waals surface area contributed by atoms with Crippen molar-refractivity contribution < 1.29 is 4.79 Å². The van der Waals surface area contributed by atoms with Crippen LogP contribution < -0.4 is 5.32 Å². The molecular weight excluding hydrogens is 210 g/mol. The minimum Gasteiger partial charge on any atom is -0.306 e. The summed E-state index contributed by atoms with van der Waals surface area (Å²) >= 11 is 1.83. The summed E-state index contributed by atoms with van der Waals surface area (Å²) in [6.07, 6.45) is 1.80. The predicted molar refractivity (Wildman–Crippen MR) is 61.4 cm³/mol. The third-order valence-electron chi connectivity index (χ3n) is 2.52. The van der Waals surface area contributed by atoms with Crippen molar-refractivity contribution in [1.29, 1.82) is 0 Å². The minimum absolute atomic E-state index is 0.0355. The first-order valence-corrected chi connectivity index (χ1v) is 6.19. The van der Waals surface area contributed by atoms with Gasteiger partial charge in [-0.2, -0.15) is 16.9 Å². The molecule has 4 nitrogen and oxygen atoms in total. The van der Waals surface area contributed by atoms with Crippen LogP contribution >= 0.6 is 11.8 Å². The molecule has 1 saturated heterocycles. The third kappa shape index (κ3) is 2.23. The number of aryl methyl sites for hydroxylation is 2. The van der Waals surface area contributed by atoms with E-state index >= 15 is 0 Å². The van der Waals surface area contributed by atoms with Gasteiger partial charge in [-0.15, -0.1) is 0 Å². The molecule has 0 aromatic carbocycles. The molecule has 1 atom stereocenters. The standard InChI is InChI=1S/C10H15N3OS/c1-7-8(5-13(2)12-7)10(14)9-6-15-4-3-11-9/h5,9,11H,3-4,6H2,1-2H3. The smallest absolute Gasteiger partial charge is 0.183 e. The zero-order chi connectivity index (χ0) is 10.8. The number of thioether (sulfide) groups is 1. The summed E-state index contributed by atoms with van der Waals surface area (Å²) in [5, 5.41) is 7.43. The first kappa shape index (κ1) is 10.7. The van der Waals surface area contributed by atoms with Crippen LogP contribution in [0.25, 0.3) is 0 Å². The van der Waals surface area contributed by atoms with E-state index in [0.717, 1.165) is 29.3 Å². The van der Waals surface area contributed by atoms with Gasteiger partial charge in [-0.1, -0.05) is 0 Å². The minimum atomic E-state index is -0.0355. The van der Waals surface area contributed by atoms with Gasteiger partial charge in [0, 0.05) is 31.3 Å². The highest BCUT2D eigenvalue weighted by molar-refractivity contribution is 7.99. The van der Waals surface area contributed by atoms with Crippen LogP contribution in [-0.2, 0) is 7.05 Å². The van der Waals surface area contributed by atoms with Gasteiger partial charge in [0.25, 0.3) is 0 Å².